The van der Waals surface area contributed by atoms with Crippen LogP contribution >= 0.6 is 0 Å². The van der Waals surface area contributed by atoms with Crippen molar-refractivity contribution in [3.63, 3.8) is 0 Å². The first kappa shape index (κ1) is 13.4. The van der Waals surface area contributed by atoms with Crippen molar-refractivity contribution in [3.05, 3.63) is 56.7 Å². The van der Waals surface area contributed by atoms with Crippen LogP contribution in [-0.4, -0.2) is 0 Å². The first-order valence-electron chi connectivity index (χ1n) is 7.61. The van der Waals surface area contributed by atoms with Crippen LogP contribution in [0.3, 0.4) is 0 Å². The third-order valence-corrected chi connectivity index (χ3v) is 5.31. The van der Waals surface area contributed by atoms with E-state index in [2.05, 4.69) is 53.7 Å². The second kappa shape index (κ2) is 4.48. The molecule has 0 nitrogen and oxygen atoms in total. The van der Waals surface area contributed by atoms with Crippen molar-refractivity contribution in [1.82, 2.24) is 0 Å². The van der Waals surface area contributed by atoms with Gasteiger partial charge in [0.1, 0.15) is 0 Å². The number of benzene rings is 1. The van der Waals surface area contributed by atoms with E-state index in [9.17, 15) is 0 Å². The molecule has 20 heavy (non-hydrogen) atoms. The van der Waals surface area contributed by atoms with E-state index in [-0.39, 0.29) is 0 Å². The lowest BCUT2D eigenvalue weighted by atomic mass is 9.87. The lowest BCUT2D eigenvalue weighted by Gasteiger charge is -2.17. The van der Waals surface area contributed by atoms with E-state index in [1.165, 1.54) is 33.4 Å². The van der Waals surface area contributed by atoms with Gasteiger partial charge in [-0.1, -0.05) is 17.7 Å². The fourth-order valence-corrected chi connectivity index (χ4v) is 4.07. The van der Waals surface area contributed by atoms with Gasteiger partial charge < -0.3 is 0 Å². The molecule has 0 bridgehead atoms. The molecule has 0 heteroatoms. The summed E-state index contributed by atoms with van der Waals surface area (Å²) in [5, 5.41) is 0. The van der Waals surface area contributed by atoms with Crippen molar-refractivity contribution in [2.75, 3.05) is 0 Å². The first-order valence-corrected chi connectivity index (χ1v) is 7.61. The first-order chi connectivity index (χ1) is 9.47. The molecule has 0 atom stereocenters. The van der Waals surface area contributed by atoms with Gasteiger partial charge in [-0.15, -0.1) is 0 Å². The predicted octanol–water partition coefficient (Wildman–Crippen LogP) is 5.56. The molecule has 0 saturated carbocycles. The number of allylic oxidation sites excluding steroid dienone is 6. The smallest absolute Gasteiger partial charge is 0.00141 e. The molecule has 1 aromatic rings. The summed E-state index contributed by atoms with van der Waals surface area (Å²) in [6.07, 6.45) is 6.71. The Morgan fingerprint density at radius 3 is 1.90 bits per heavy atom. The molecule has 0 spiro atoms. The van der Waals surface area contributed by atoms with E-state index in [4.69, 9.17) is 0 Å². The molecule has 0 aliphatic heterocycles. The Bertz CT molecular complexity index is 706. The lowest BCUT2D eigenvalue weighted by Crippen LogP contribution is -2.01. The minimum Gasteiger partial charge on any atom is -0.0874 e. The summed E-state index contributed by atoms with van der Waals surface area (Å²) in [6, 6.07) is 0. The third-order valence-electron chi connectivity index (χ3n) is 5.31. The summed E-state index contributed by atoms with van der Waals surface area (Å²) in [7, 11) is 0. The van der Waals surface area contributed by atoms with Gasteiger partial charge in [0, 0.05) is 0 Å². The average molecular weight is 264 g/mol. The van der Waals surface area contributed by atoms with E-state index >= 15 is 0 Å². The van der Waals surface area contributed by atoms with Gasteiger partial charge >= 0.3 is 0 Å². The van der Waals surface area contributed by atoms with Crippen LogP contribution < -0.4 is 0 Å². The summed E-state index contributed by atoms with van der Waals surface area (Å²) in [6.45, 7) is 13.6. The minimum absolute atomic E-state index is 1.11. The molecule has 0 fully saturated rings. The highest BCUT2D eigenvalue weighted by molar-refractivity contribution is 5.87. The SMILES string of the molecule is C/C=C/C1=C(C)c2c(C)c3c(c(C)c2C1)C(C)=C(C)C3. The normalized spacial score (nSPS) is 17.5. The topological polar surface area (TPSA) is 0 Å². The van der Waals surface area contributed by atoms with E-state index in [0.29, 0.717) is 0 Å². The van der Waals surface area contributed by atoms with Crippen LogP contribution in [0.15, 0.2) is 23.3 Å². The van der Waals surface area contributed by atoms with E-state index < -0.39 is 0 Å². The maximum absolute atomic E-state index is 2.32. The second-order valence-corrected chi connectivity index (χ2v) is 6.37. The summed E-state index contributed by atoms with van der Waals surface area (Å²) < 4.78 is 0. The van der Waals surface area contributed by atoms with E-state index in [1.807, 2.05) is 0 Å². The molecule has 0 unspecified atom stereocenters. The molecule has 0 amide bonds. The van der Waals surface area contributed by atoms with Crippen LogP contribution in [0.1, 0.15) is 61.1 Å². The zero-order valence-electron chi connectivity index (χ0n) is 13.6. The van der Waals surface area contributed by atoms with Gasteiger partial charge in [-0.25, -0.2) is 0 Å². The lowest BCUT2D eigenvalue weighted by molar-refractivity contribution is 1.11. The van der Waals surface area contributed by atoms with Crippen LogP contribution in [0, 0.1) is 13.8 Å². The Morgan fingerprint density at radius 2 is 1.30 bits per heavy atom. The van der Waals surface area contributed by atoms with Crippen molar-refractivity contribution < 1.29 is 0 Å². The molecule has 0 radical (unpaired) electrons. The Labute approximate surface area is 122 Å². The Hall–Kier alpha value is -1.56. The fourth-order valence-electron chi connectivity index (χ4n) is 4.07. The van der Waals surface area contributed by atoms with Crippen LogP contribution in [0.4, 0.5) is 0 Å². The van der Waals surface area contributed by atoms with Gasteiger partial charge in [-0.2, -0.15) is 0 Å². The zero-order valence-corrected chi connectivity index (χ0v) is 13.6. The maximum atomic E-state index is 2.32. The average Bonchev–Trinajstić information content (AvgIpc) is 2.88. The number of fused-ring (bicyclic) bond motifs is 2. The van der Waals surface area contributed by atoms with Crippen molar-refractivity contribution in [3.8, 4) is 0 Å². The summed E-state index contributed by atoms with van der Waals surface area (Å²) in [5.41, 5.74) is 15.3. The largest absolute Gasteiger partial charge is 0.0874 e. The predicted molar refractivity (Wildman–Crippen MR) is 89.0 cm³/mol. The summed E-state index contributed by atoms with van der Waals surface area (Å²) >= 11 is 0. The molecule has 2 aliphatic rings. The molecule has 0 aromatic heterocycles. The van der Waals surface area contributed by atoms with Gasteiger partial charge in [0.2, 0.25) is 0 Å². The maximum Gasteiger partial charge on any atom is -0.00141 e. The van der Waals surface area contributed by atoms with Gasteiger partial charge in [0.15, 0.2) is 0 Å². The van der Waals surface area contributed by atoms with Crippen molar-refractivity contribution in [2.45, 2.75) is 54.4 Å². The van der Waals surface area contributed by atoms with Crippen LogP contribution in [0.2, 0.25) is 0 Å². The van der Waals surface area contributed by atoms with Crippen molar-refractivity contribution >= 4 is 11.1 Å². The van der Waals surface area contributed by atoms with Crippen LogP contribution in [0.25, 0.3) is 11.1 Å². The quantitative estimate of drug-likeness (QED) is 0.623. The highest BCUT2D eigenvalue weighted by Crippen LogP contribution is 2.45. The van der Waals surface area contributed by atoms with E-state index in [1.54, 1.807) is 22.3 Å². The molecular formula is C20H24. The highest BCUT2D eigenvalue weighted by atomic mass is 14.3. The molecule has 0 heterocycles. The number of rotatable bonds is 1. The van der Waals surface area contributed by atoms with Gasteiger partial charge in [-0.05, 0) is 104 Å². The van der Waals surface area contributed by atoms with Gasteiger partial charge in [-0.3, -0.25) is 0 Å². The van der Waals surface area contributed by atoms with Crippen LogP contribution in [0.5, 0.6) is 0 Å². The standard InChI is InChI=1S/C20H24/c1-7-8-16-10-18-15(6)19-12(3)11(2)9-17(19)14(5)20(18)13(16)4/h7-8H,9-10H2,1-6H3/b8-7+. The van der Waals surface area contributed by atoms with Crippen molar-refractivity contribution in [2.24, 2.45) is 0 Å². The minimum atomic E-state index is 1.11. The second-order valence-electron chi connectivity index (χ2n) is 6.37. The molecule has 0 N–H and O–H groups in total. The molecule has 3 rings (SSSR count). The highest BCUT2D eigenvalue weighted by Gasteiger charge is 2.29. The van der Waals surface area contributed by atoms with Gasteiger partial charge in [0.05, 0.1) is 0 Å². The molecule has 0 saturated heterocycles. The number of hydrogen-bond acceptors (Lipinski definition) is 0. The monoisotopic (exact) mass is 264 g/mol. The number of hydrogen-bond donors (Lipinski definition) is 0. The Kier molecular flexibility index (Phi) is 3.01. The Morgan fingerprint density at radius 1 is 0.750 bits per heavy atom. The molecular weight excluding hydrogens is 240 g/mol. The van der Waals surface area contributed by atoms with Crippen LogP contribution in [-0.2, 0) is 12.8 Å². The summed E-state index contributed by atoms with van der Waals surface area (Å²) in [4.78, 5) is 0. The molecule has 2 aliphatic carbocycles. The van der Waals surface area contributed by atoms with Crippen molar-refractivity contribution in [1.29, 1.82) is 0 Å². The van der Waals surface area contributed by atoms with E-state index in [0.717, 1.165) is 12.8 Å². The fraction of sp³-hybridized carbons (Fsp3) is 0.400. The van der Waals surface area contributed by atoms with Gasteiger partial charge in [0.25, 0.3) is 0 Å². The summed E-state index contributed by atoms with van der Waals surface area (Å²) in [5.74, 6) is 0. The Balaban J connectivity index is 2.29. The molecule has 1 aromatic carbocycles. The zero-order chi connectivity index (χ0) is 14.6. The molecule has 104 valence electrons. The third kappa shape index (κ3) is 1.60.